The Hall–Kier alpha value is -3.49. The lowest BCUT2D eigenvalue weighted by atomic mass is 10.1. The first-order valence-electron chi connectivity index (χ1n) is 8.10. The van der Waals surface area contributed by atoms with E-state index in [2.05, 4.69) is 25.0 Å². The molecular weight excluding hydrogens is 373 g/mol. The molecule has 0 aliphatic carbocycles. The van der Waals surface area contributed by atoms with Gasteiger partial charge in [-0.05, 0) is 36.8 Å². The van der Waals surface area contributed by atoms with Gasteiger partial charge < -0.3 is 10.1 Å². The van der Waals surface area contributed by atoms with Crippen LogP contribution in [0.5, 0.6) is 0 Å². The van der Waals surface area contributed by atoms with Crippen LogP contribution in [0.25, 0.3) is 11.4 Å². The van der Waals surface area contributed by atoms with Crippen molar-refractivity contribution in [1.82, 2.24) is 15.0 Å². The van der Waals surface area contributed by atoms with Crippen molar-refractivity contribution in [1.29, 1.82) is 0 Å². The molecule has 0 aliphatic rings. The van der Waals surface area contributed by atoms with Crippen molar-refractivity contribution in [3.63, 3.8) is 0 Å². The molecule has 0 aliphatic heterocycles. The number of carbonyl (C=O) groups excluding carboxylic acids is 1. The summed E-state index contributed by atoms with van der Waals surface area (Å²) in [6, 6.07) is 8.66. The maximum Gasteiger partial charge on any atom is 0.433 e. The number of pyridine rings is 1. The highest BCUT2D eigenvalue weighted by Gasteiger charge is 2.34. The number of aromatic nitrogens is 3. The van der Waals surface area contributed by atoms with E-state index in [1.54, 1.807) is 31.2 Å². The Bertz CT molecular complexity index is 1010. The van der Waals surface area contributed by atoms with Crippen molar-refractivity contribution < 1.29 is 22.7 Å². The number of halogens is 3. The summed E-state index contributed by atoms with van der Waals surface area (Å²) < 4.78 is 44.6. The smallest absolute Gasteiger partial charge is 0.433 e. The summed E-state index contributed by atoms with van der Waals surface area (Å²) in [6.45, 7) is 1.75. The summed E-state index contributed by atoms with van der Waals surface area (Å²) >= 11 is 0. The minimum atomic E-state index is -4.65. The van der Waals surface area contributed by atoms with Crippen LogP contribution in [0.2, 0.25) is 0 Å². The molecule has 1 N–H and O–H groups in total. The van der Waals surface area contributed by atoms with Gasteiger partial charge in [0.25, 0.3) is 0 Å². The number of anilines is 2. The van der Waals surface area contributed by atoms with Gasteiger partial charge in [-0.3, -0.25) is 4.98 Å². The van der Waals surface area contributed by atoms with E-state index in [4.69, 9.17) is 0 Å². The van der Waals surface area contributed by atoms with Gasteiger partial charge >= 0.3 is 12.1 Å². The van der Waals surface area contributed by atoms with E-state index in [1.165, 1.54) is 25.6 Å². The van der Waals surface area contributed by atoms with Crippen molar-refractivity contribution in [3.05, 3.63) is 65.6 Å². The standard InChI is InChI=1S/C19H15F3N4O2/c1-11-5-6-12(18(27)28-2)8-14(11)24-16-9-15(19(20,21)22)25-17(26-16)13-4-3-7-23-10-13/h3-10H,1-2H3,(H,24,25,26). The van der Waals surface area contributed by atoms with Gasteiger partial charge in [-0.1, -0.05) is 6.07 Å². The van der Waals surface area contributed by atoms with Crippen LogP contribution < -0.4 is 5.32 Å². The number of methoxy groups -OCH3 is 1. The molecule has 0 saturated carbocycles. The predicted octanol–water partition coefficient (Wildman–Crippen LogP) is 4.40. The highest BCUT2D eigenvalue weighted by atomic mass is 19.4. The molecule has 0 fully saturated rings. The van der Waals surface area contributed by atoms with Crippen molar-refractivity contribution in [2.24, 2.45) is 0 Å². The van der Waals surface area contributed by atoms with Gasteiger partial charge in [-0.25, -0.2) is 14.8 Å². The van der Waals surface area contributed by atoms with Crippen LogP contribution in [0.15, 0.2) is 48.8 Å². The molecule has 6 nitrogen and oxygen atoms in total. The minimum absolute atomic E-state index is 0.0636. The Balaban J connectivity index is 2.06. The minimum Gasteiger partial charge on any atom is -0.465 e. The number of nitrogens with one attached hydrogen (secondary N) is 1. The van der Waals surface area contributed by atoms with Gasteiger partial charge in [-0.2, -0.15) is 13.2 Å². The number of aryl methyl sites for hydroxylation is 1. The van der Waals surface area contributed by atoms with Gasteiger partial charge in [0.1, 0.15) is 5.82 Å². The van der Waals surface area contributed by atoms with Crippen LogP contribution in [-0.2, 0) is 10.9 Å². The fourth-order valence-corrected chi connectivity index (χ4v) is 2.42. The number of hydrogen-bond donors (Lipinski definition) is 1. The molecule has 3 aromatic rings. The molecule has 3 rings (SSSR count). The summed E-state index contributed by atoms with van der Waals surface area (Å²) in [5, 5.41) is 2.83. The van der Waals surface area contributed by atoms with Crippen molar-refractivity contribution in [2.45, 2.75) is 13.1 Å². The molecule has 2 heterocycles. The van der Waals surface area contributed by atoms with E-state index in [9.17, 15) is 18.0 Å². The van der Waals surface area contributed by atoms with Crippen LogP contribution in [-0.4, -0.2) is 28.0 Å². The monoisotopic (exact) mass is 388 g/mol. The highest BCUT2D eigenvalue weighted by Crippen LogP contribution is 2.32. The zero-order valence-electron chi connectivity index (χ0n) is 14.9. The van der Waals surface area contributed by atoms with Crippen LogP contribution in [0.3, 0.4) is 0 Å². The molecule has 0 amide bonds. The molecule has 2 aromatic heterocycles. The Morgan fingerprint density at radius 2 is 1.93 bits per heavy atom. The molecule has 0 spiro atoms. The lowest BCUT2D eigenvalue weighted by Crippen LogP contribution is -2.11. The molecular formula is C19H15F3N4O2. The van der Waals surface area contributed by atoms with E-state index in [-0.39, 0.29) is 17.2 Å². The van der Waals surface area contributed by atoms with Gasteiger partial charge in [-0.15, -0.1) is 0 Å². The van der Waals surface area contributed by atoms with E-state index in [0.29, 0.717) is 16.8 Å². The van der Waals surface area contributed by atoms with Crippen LogP contribution >= 0.6 is 0 Å². The first-order chi connectivity index (χ1) is 13.3. The Labute approximate surface area is 158 Å². The largest absolute Gasteiger partial charge is 0.465 e. The van der Waals surface area contributed by atoms with Crippen LogP contribution in [0.1, 0.15) is 21.6 Å². The third-order valence-corrected chi connectivity index (χ3v) is 3.86. The first kappa shape index (κ1) is 19.3. The second kappa shape index (κ2) is 7.63. The lowest BCUT2D eigenvalue weighted by Gasteiger charge is -2.14. The van der Waals surface area contributed by atoms with E-state index < -0.39 is 17.8 Å². The van der Waals surface area contributed by atoms with E-state index in [1.807, 2.05) is 0 Å². The van der Waals surface area contributed by atoms with Crippen LogP contribution in [0, 0.1) is 6.92 Å². The number of esters is 1. The van der Waals surface area contributed by atoms with Gasteiger partial charge in [0, 0.05) is 29.7 Å². The highest BCUT2D eigenvalue weighted by molar-refractivity contribution is 5.91. The van der Waals surface area contributed by atoms with Crippen molar-refractivity contribution in [2.75, 3.05) is 12.4 Å². The van der Waals surface area contributed by atoms with E-state index >= 15 is 0 Å². The summed E-state index contributed by atoms with van der Waals surface area (Å²) in [6.07, 6.45) is -1.78. The number of nitrogens with zero attached hydrogens (tertiary/aromatic N) is 3. The molecule has 28 heavy (non-hydrogen) atoms. The van der Waals surface area contributed by atoms with Gasteiger partial charge in [0.2, 0.25) is 0 Å². The summed E-state index contributed by atoms with van der Waals surface area (Å²) in [4.78, 5) is 23.4. The van der Waals surface area contributed by atoms with E-state index in [0.717, 1.165) is 6.07 Å². The second-order valence-corrected chi connectivity index (χ2v) is 5.85. The lowest BCUT2D eigenvalue weighted by molar-refractivity contribution is -0.141. The Morgan fingerprint density at radius 3 is 2.57 bits per heavy atom. The summed E-state index contributed by atoms with van der Waals surface area (Å²) in [7, 11) is 1.25. The number of rotatable bonds is 4. The second-order valence-electron chi connectivity index (χ2n) is 5.85. The quantitative estimate of drug-likeness (QED) is 0.668. The fraction of sp³-hybridized carbons (Fsp3) is 0.158. The summed E-state index contributed by atoms with van der Waals surface area (Å²) in [5.41, 5.74) is 0.644. The third-order valence-electron chi connectivity index (χ3n) is 3.86. The predicted molar refractivity (Wildman–Crippen MR) is 96.1 cm³/mol. The van der Waals surface area contributed by atoms with Crippen LogP contribution in [0.4, 0.5) is 24.7 Å². The molecule has 0 saturated heterocycles. The number of alkyl halides is 3. The number of carbonyl (C=O) groups is 1. The third kappa shape index (κ3) is 4.25. The van der Waals surface area contributed by atoms with Crippen molar-refractivity contribution >= 4 is 17.5 Å². The molecule has 0 atom stereocenters. The Morgan fingerprint density at radius 1 is 1.14 bits per heavy atom. The molecule has 0 bridgehead atoms. The average molecular weight is 388 g/mol. The molecule has 0 radical (unpaired) electrons. The number of hydrogen-bond acceptors (Lipinski definition) is 6. The fourth-order valence-electron chi connectivity index (χ4n) is 2.42. The maximum atomic E-state index is 13.3. The van der Waals surface area contributed by atoms with Gasteiger partial charge in [0.15, 0.2) is 11.5 Å². The average Bonchev–Trinajstić information content (AvgIpc) is 2.69. The number of benzene rings is 1. The molecule has 0 unspecified atom stereocenters. The zero-order chi connectivity index (χ0) is 20.3. The molecule has 1 aromatic carbocycles. The Kier molecular flexibility index (Phi) is 5.25. The SMILES string of the molecule is COC(=O)c1ccc(C)c(Nc2cc(C(F)(F)F)nc(-c3cccnc3)n2)c1. The summed E-state index contributed by atoms with van der Waals surface area (Å²) in [5.74, 6) is -0.740. The number of ether oxygens (including phenoxy) is 1. The first-order valence-corrected chi connectivity index (χ1v) is 8.10. The zero-order valence-corrected chi connectivity index (χ0v) is 14.9. The molecule has 144 valence electrons. The molecule has 9 heteroatoms. The van der Waals surface area contributed by atoms with Gasteiger partial charge in [0.05, 0.1) is 12.7 Å². The van der Waals surface area contributed by atoms with Crippen molar-refractivity contribution in [3.8, 4) is 11.4 Å². The topological polar surface area (TPSA) is 77.0 Å². The normalized spacial score (nSPS) is 11.2. The maximum absolute atomic E-state index is 13.3.